The van der Waals surface area contributed by atoms with Crippen LogP contribution in [0, 0.1) is 10.1 Å². The molecule has 0 saturated heterocycles. The minimum Gasteiger partial charge on any atom is -0.497 e. The Kier molecular flexibility index (Phi) is 4.15. The third-order valence-corrected chi connectivity index (χ3v) is 4.56. The van der Waals surface area contributed by atoms with E-state index in [1.807, 2.05) is 25.1 Å². The Bertz CT molecular complexity index is 1050. The van der Waals surface area contributed by atoms with E-state index in [2.05, 4.69) is 10.2 Å². The summed E-state index contributed by atoms with van der Waals surface area (Å²) in [5, 5.41) is 24.3. The van der Waals surface area contributed by atoms with E-state index in [1.54, 1.807) is 23.9 Å². The molecule has 0 unspecified atom stereocenters. The van der Waals surface area contributed by atoms with Crippen LogP contribution in [0.3, 0.4) is 0 Å². The van der Waals surface area contributed by atoms with E-state index in [1.165, 1.54) is 12.1 Å². The van der Waals surface area contributed by atoms with Crippen molar-refractivity contribution in [3.8, 4) is 5.75 Å². The van der Waals surface area contributed by atoms with E-state index in [0.29, 0.717) is 18.6 Å². The molecule has 2 aromatic carbocycles. The molecular weight excluding hydrogens is 346 g/mol. The Morgan fingerprint density at radius 2 is 1.96 bits per heavy atom. The van der Waals surface area contributed by atoms with Gasteiger partial charge in [-0.3, -0.25) is 10.1 Å². The van der Waals surface area contributed by atoms with Gasteiger partial charge in [0, 0.05) is 36.1 Å². The van der Waals surface area contributed by atoms with Crippen LogP contribution in [0.2, 0.25) is 0 Å². The number of nitrogens with zero attached hydrogens (tertiary/aromatic N) is 5. The maximum Gasteiger partial charge on any atom is 0.269 e. The van der Waals surface area contributed by atoms with Crippen LogP contribution in [0.1, 0.15) is 35.3 Å². The van der Waals surface area contributed by atoms with Crippen molar-refractivity contribution < 1.29 is 9.66 Å². The molecule has 2 heterocycles. The molecule has 0 saturated carbocycles. The third kappa shape index (κ3) is 2.95. The largest absolute Gasteiger partial charge is 0.497 e. The van der Waals surface area contributed by atoms with Crippen molar-refractivity contribution in [1.82, 2.24) is 14.9 Å². The van der Waals surface area contributed by atoms with E-state index in [-0.39, 0.29) is 5.69 Å². The molecule has 3 aromatic rings. The number of hydrogen-bond donors (Lipinski definition) is 0. The summed E-state index contributed by atoms with van der Waals surface area (Å²) >= 11 is 0. The molecule has 1 aliphatic rings. The Labute approximate surface area is 155 Å². The highest BCUT2D eigenvalue weighted by Gasteiger charge is 2.22. The molecule has 1 aliphatic heterocycles. The zero-order chi connectivity index (χ0) is 19.0. The minimum atomic E-state index is -0.414. The maximum atomic E-state index is 11.0. The molecule has 0 fully saturated rings. The van der Waals surface area contributed by atoms with Gasteiger partial charge in [-0.1, -0.05) is 13.0 Å². The van der Waals surface area contributed by atoms with E-state index >= 15 is 0 Å². The van der Waals surface area contributed by atoms with E-state index < -0.39 is 4.92 Å². The molecule has 0 amide bonds. The summed E-state index contributed by atoms with van der Waals surface area (Å²) in [6.45, 7) is 2.00. The van der Waals surface area contributed by atoms with Crippen molar-refractivity contribution in [3.05, 3.63) is 80.9 Å². The second kappa shape index (κ2) is 6.64. The monoisotopic (exact) mass is 363 g/mol. The number of non-ortho nitro benzene ring substituents is 1. The Balaban J connectivity index is 1.94. The Morgan fingerprint density at radius 3 is 2.63 bits per heavy atom. The number of aryl methyl sites for hydroxylation is 1. The molecule has 4 rings (SSSR count). The van der Waals surface area contributed by atoms with Crippen molar-refractivity contribution in [1.29, 1.82) is 0 Å². The number of rotatable bonds is 4. The quantitative estimate of drug-likeness (QED) is 0.410. The number of aromatic nitrogens is 3. The van der Waals surface area contributed by atoms with Crippen LogP contribution in [-0.2, 0) is 12.8 Å². The molecule has 0 spiro atoms. The van der Waals surface area contributed by atoms with E-state index in [4.69, 9.17) is 9.84 Å². The normalized spacial score (nSPS) is 12.6. The van der Waals surface area contributed by atoms with Gasteiger partial charge in [0.1, 0.15) is 5.75 Å². The fourth-order valence-corrected chi connectivity index (χ4v) is 3.13. The number of nitro groups is 1. The Hall–Kier alpha value is -3.55. The molecule has 0 bridgehead atoms. The smallest absolute Gasteiger partial charge is 0.269 e. The summed E-state index contributed by atoms with van der Waals surface area (Å²) in [4.78, 5) is 10.6. The first-order chi connectivity index (χ1) is 13.1. The van der Waals surface area contributed by atoms with Gasteiger partial charge < -0.3 is 4.74 Å². The number of fused-ring (bicyclic) bond motifs is 2. The Morgan fingerprint density at radius 1 is 1.19 bits per heavy atom. The minimum absolute atomic E-state index is 0.0399. The molecule has 8 heteroatoms. The lowest BCUT2D eigenvalue weighted by atomic mass is 9.95. The van der Waals surface area contributed by atoms with Crippen molar-refractivity contribution in [3.63, 3.8) is 0 Å². The van der Waals surface area contributed by atoms with E-state index in [0.717, 1.165) is 34.1 Å². The maximum absolute atomic E-state index is 11.0. The SMILES string of the molecule is CCc1nnc2n1N=C(c1ccc([N+](=O)[O-])cc1)c1cc(OC)ccc1C2. The molecule has 0 aliphatic carbocycles. The number of benzene rings is 2. The summed E-state index contributed by atoms with van der Waals surface area (Å²) in [6.07, 6.45) is 1.29. The fraction of sp³-hybridized carbons (Fsp3) is 0.211. The van der Waals surface area contributed by atoms with Crippen LogP contribution in [0.4, 0.5) is 5.69 Å². The number of ether oxygens (including phenoxy) is 1. The van der Waals surface area contributed by atoms with Crippen LogP contribution in [0.5, 0.6) is 5.75 Å². The first-order valence-electron chi connectivity index (χ1n) is 8.55. The van der Waals surface area contributed by atoms with Crippen LogP contribution in [0.15, 0.2) is 47.6 Å². The average molecular weight is 363 g/mol. The summed E-state index contributed by atoms with van der Waals surface area (Å²) < 4.78 is 7.15. The van der Waals surface area contributed by atoms with Crippen molar-refractivity contribution in [2.45, 2.75) is 19.8 Å². The summed E-state index contributed by atoms with van der Waals surface area (Å²) in [5.41, 5.74) is 3.47. The second-order valence-corrected chi connectivity index (χ2v) is 6.15. The van der Waals surface area contributed by atoms with E-state index in [9.17, 15) is 10.1 Å². The highest BCUT2D eigenvalue weighted by Crippen LogP contribution is 2.27. The fourth-order valence-electron chi connectivity index (χ4n) is 3.13. The van der Waals surface area contributed by atoms with Crippen molar-refractivity contribution in [2.75, 3.05) is 7.11 Å². The molecule has 0 atom stereocenters. The molecule has 1 aromatic heterocycles. The molecule has 136 valence electrons. The van der Waals surface area contributed by atoms with Crippen LogP contribution in [0.25, 0.3) is 0 Å². The standard InChI is InChI=1S/C19H17N5O3/c1-3-17-20-21-18-10-13-6-9-15(27-2)11-16(13)19(22-23(17)18)12-4-7-14(8-5-12)24(25)26/h4-9,11H,3,10H2,1-2H3. The lowest BCUT2D eigenvalue weighted by molar-refractivity contribution is -0.384. The molecule has 8 nitrogen and oxygen atoms in total. The summed E-state index contributed by atoms with van der Waals surface area (Å²) in [5.74, 6) is 2.25. The number of hydrogen-bond acceptors (Lipinski definition) is 6. The highest BCUT2D eigenvalue weighted by molar-refractivity contribution is 6.14. The van der Waals surface area contributed by atoms with Gasteiger partial charge in [-0.25, -0.2) is 4.68 Å². The lowest BCUT2D eigenvalue weighted by Crippen LogP contribution is -2.08. The van der Waals surface area contributed by atoms with Gasteiger partial charge in [-0.05, 0) is 29.8 Å². The molecule has 0 N–H and O–H groups in total. The van der Waals surface area contributed by atoms with Gasteiger partial charge in [0.05, 0.1) is 17.7 Å². The zero-order valence-electron chi connectivity index (χ0n) is 14.9. The first-order valence-corrected chi connectivity index (χ1v) is 8.55. The first kappa shape index (κ1) is 16.9. The summed E-state index contributed by atoms with van der Waals surface area (Å²) in [7, 11) is 1.62. The molecule has 27 heavy (non-hydrogen) atoms. The van der Waals surface area contributed by atoms with Gasteiger partial charge in [-0.15, -0.1) is 10.2 Å². The van der Waals surface area contributed by atoms with Gasteiger partial charge in [0.25, 0.3) is 5.69 Å². The van der Waals surface area contributed by atoms with Crippen molar-refractivity contribution >= 4 is 11.4 Å². The highest BCUT2D eigenvalue weighted by atomic mass is 16.6. The van der Waals surface area contributed by atoms with Gasteiger partial charge in [-0.2, -0.15) is 5.10 Å². The molecule has 0 radical (unpaired) electrons. The van der Waals surface area contributed by atoms with Crippen LogP contribution in [-0.4, -0.2) is 32.6 Å². The van der Waals surface area contributed by atoms with Gasteiger partial charge in [0.15, 0.2) is 11.6 Å². The number of methoxy groups -OCH3 is 1. The van der Waals surface area contributed by atoms with Crippen LogP contribution >= 0.6 is 0 Å². The molecular formula is C19H17N5O3. The van der Waals surface area contributed by atoms with Crippen molar-refractivity contribution in [2.24, 2.45) is 5.10 Å². The van der Waals surface area contributed by atoms with Gasteiger partial charge in [0.2, 0.25) is 0 Å². The number of nitro benzene ring substituents is 1. The summed E-state index contributed by atoms with van der Waals surface area (Å²) in [6, 6.07) is 12.2. The predicted octanol–water partition coefficient (Wildman–Crippen LogP) is 2.96. The van der Waals surface area contributed by atoms with Gasteiger partial charge >= 0.3 is 0 Å². The van der Waals surface area contributed by atoms with Crippen LogP contribution < -0.4 is 4.74 Å². The third-order valence-electron chi connectivity index (χ3n) is 4.56. The average Bonchev–Trinajstić information content (AvgIpc) is 3.00. The topological polar surface area (TPSA) is 95.4 Å². The zero-order valence-corrected chi connectivity index (χ0v) is 14.9. The lowest BCUT2D eigenvalue weighted by Gasteiger charge is -2.11. The predicted molar refractivity (Wildman–Crippen MR) is 99.3 cm³/mol. The second-order valence-electron chi connectivity index (χ2n) is 6.15.